The zero-order valence-corrected chi connectivity index (χ0v) is 14.9. The molecule has 4 fully saturated rings. The van der Waals surface area contributed by atoms with Gasteiger partial charge in [-0.05, 0) is 68.8 Å². The van der Waals surface area contributed by atoms with Crippen molar-refractivity contribution >= 4 is 11.9 Å². The van der Waals surface area contributed by atoms with E-state index in [1.165, 1.54) is 24.8 Å². The van der Waals surface area contributed by atoms with Gasteiger partial charge in [0.25, 0.3) is 0 Å². The SMILES string of the molecule is Cc1ccc(COC(=O)CNC(=O)C23CC4CC(CC(C4)C2)C3)cc1. The number of carbonyl (C=O) groups is 2. The maximum atomic E-state index is 12.8. The van der Waals surface area contributed by atoms with Crippen LogP contribution in [0.4, 0.5) is 0 Å². The summed E-state index contributed by atoms with van der Waals surface area (Å²) < 4.78 is 5.28. The Balaban J connectivity index is 1.27. The van der Waals surface area contributed by atoms with Crippen molar-refractivity contribution < 1.29 is 14.3 Å². The first kappa shape index (κ1) is 16.6. The quantitative estimate of drug-likeness (QED) is 0.836. The van der Waals surface area contributed by atoms with Gasteiger partial charge in [-0.2, -0.15) is 0 Å². The first-order valence-corrected chi connectivity index (χ1v) is 9.52. The van der Waals surface area contributed by atoms with Gasteiger partial charge in [0, 0.05) is 5.41 Å². The number of carbonyl (C=O) groups excluding carboxylic acids is 2. The van der Waals surface area contributed by atoms with Crippen LogP contribution in [-0.4, -0.2) is 18.4 Å². The summed E-state index contributed by atoms with van der Waals surface area (Å²) in [6, 6.07) is 7.91. The van der Waals surface area contributed by atoms with E-state index in [-0.39, 0.29) is 30.4 Å². The van der Waals surface area contributed by atoms with Gasteiger partial charge in [-0.1, -0.05) is 29.8 Å². The molecular weight excluding hydrogens is 314 g/mol. The summed E-state index contributed by atoms with van der Waals surface area (Å²) in [5.74, 6) is 1.90. The molecule has 1 aromatic rings. The smallest absolute Gasteiger partial charge is 0.325 e. The fourth-order valence-electron chi connectivity index (χ4n) is 5.63. The van der Waals surface area contributed by atoms with Gasteiger partial charge in [0.1, 0.15) is 13.2 Å². The summed E-state index contributed by atoms with van der Waals surface area (Å²) >= 11 is 0. The Morgan fingerprint density at radius 1 is 1.04 bits per heavy atom. The molecule has 25 heavy (non-hydrogen) atoms. The van der Waals surface area contributed by atoms with E-state index in [0.29, 0.717) is 0 Å². The minimum absolute atomic E-state index is 0.0214. The molecule has 5 rings (SSSR count). The van der Waals surface area contributed by atoms with Crippen LogP contribution >= 0.6 is 0 Å². The van der Waals surface area contributed by atoms with Crippen molar-refractivity contribution in [3.63, 3.8) is 0 Å². The second-order valence-corrected chi connectivity index (χ2v) is 8.53. The molecule has 0 aliphatic heterocycles. The summed E-state index contributed by atoms with van der Waals surface area (Å²) in [5.41, 5.74) is 1.94. The fraction of sp³-hybridized carbons (Fsp3) is 0.619. The van der Waals surface area contributed by atoms with Crippen molar-refractivity contribution in [2.24, 2.45) is 23.2 Å². The highest BCUT2D eigenvalue weighted by atomic mass is 16.5. The number of rotatable bonds is 5. The average Bonchev–Trinajstić information content (AvgIpc) is 2.58. The molecule has 4 aliphatic carbocycles. The lowest BCUT2D eigenvalue weighted by Crippen LogP contribution is -2.54. The molecule has 4 aliphatic rings. The Hall–Kier alpha value is -1.84. The Kier molecular flexibility index (Phi) is 4.30. The van der Waals surface area contributed by atoms with Crippen LogP contribution in [0, 0.1) is 30.1 Å². The predicted molar refractivity (Wildman–Crippen MR) is 94.6 cm³/mol. The summed E-state index contributed by atoms with van der Waals surface area (Å²) in [4.78, 5) is 24.8. The number of amides is 1. The Bertz CT molecular complexity index is 629. The van der Waals surface area contributed by atoms with E-state index in [1.807, 2.05) is 31.2 Å². The van der Waals surface area contributed by atoms with Gasteiger partial charge in [-0.25, -0.2) is 0 Å². The normalized spacial score (nSPS) is 32.4. The third-order valence-corrected chi connectivity index (χ3v) is 6.43. The average molecular weight is 341 g/mol. The number of hydrogen-bond donors (Lipinski definition) is 1. The zero-order chi connectivity index (χ0) is 17.4. The molecule has 0 atom stereocenters. The van der Waals surface area contributed by atoms with Crippen LogP contribution in [0.2, 0.25) is 0 Å². The van der Waals surface area contributed by atoms with Crippen molar-refractivity contribution in [1.82, 2.24) is 5.32 Å². The third kappa shape index (κ3) is 3.44. The van der Waals surface area contributed by atoms with Gasteiger partial charge in [-0.3, -0.25) is 9.59 Å². The summed E-state index contributed by atoms with van der Waals surface area (Å²) in [6.07, 6.45) is 6.98. The lowest BCUT2D eigenvalue weighted by atomic mass is 9.49. The first-order chi connectivity index (χ1) is 12.0. The van der Waals surface area contributed by atoms with Crippen LogP contribution in [0.5, 0.6) is 0 Å². The number of nitrogens with one attached hydrogen (secondary N) is 1. The maximum Gasteiger partial charge on any atom is 0.325 e. The number of benzene rings is 1. The van der Waals surface area contributed by atoms with E-state index in [4.69, 9.17) is 4.74 Å². The second-order valence-electron chi connectivity index (χ2n) is 8.53. The molecule has 0 aromatic heterocycles. The van der Waals surface area contributed by atoms with Gasteiger partial charge < -0.3 is 10.1 Å². The molecule has 1 amide bonds. The minimum Gasteiger partial charge on any atom is -0.460 e. The van der Waals surface area contributed by atoms with Crippen LogP contribution in [-0.2, 0) is 20.9 Å². The minimum atomic E-state index is -0.362. The standard InChI is InChI=1S/C21H27NO3/c1-14-2-4-15(5-3-14)13-25-19(23)12-22-20(24)21-9-16-6-17(10-21)8-18(7-16)11-21/h2-5,16-18H,6-13H2,1H3,(H,22,24). The highest BCUT2D eigenvalue weighted by Crippen LogP contribution is 2.60. The second kappa shape index (κ2) is 6.47. The van der Waals surface area contributed by atoms with Crippen LogP contribution in [0.1, 0.15) is 49.7 Å². The lowest BCUT2D eigenvalue weighted by molar-refractivity contribution is -0.151. The lowest BCUT2D eigenvalue weighted by Gasteiger charge is -2.55. The van der Waals surface area contributed by atoms with Crippen molar-refractivity contribution in [1.29, 1.82) is 0 Å². The molecule has 1 N–H and O–H groups in total. The molecule has 4 heteroatoms. The van der Waals surface area contributed by atoms with Gasteiger partial charge in [-0.15, -0.1) is 0 Å². The molecule has 4 nitrogen and oxygen atoms in total. The maximum absolute atomic E-state index is 12.8. The number of esters is 1. The van der Waals surface area contributed by atoms with E-state index in [1.54, 1.807) is 0 Å². The van der Waals surface area contributed by atoms with Crippen LogP contribution in [0.25, 0.3) is 0 Å². The molecule has 0 heterocycles. The van der Waals surface area contributed by atoms with Crippen molar-refractivity contribution in [3.8, 4) is 0 Å². The van der Waals surface area contributed by atoms with E-state index >= 15 is 0 Å². The monoisotopic (exact) mass is 341 g/mol. The molecule has 1 aromatic carbocycles. The van der Waals surface area contributed by atoms with Gasteiger partial charge in [0.05, 0.1) is 0 Å². The summed E-state index contributed by atoms with van der Waals surface area (Å²) in [6.45, 7) is 2.26. The van der Waals surface area contributed by atoms with Gasteiger partial charge in [0.2, 0.25) is 5.91 Å². The van der Waals surface area contributed by atoms with E-state index in [9.17, 15) is 9.59 Å². The predicted octanol–water partition coefficient (Wildman–Crippen LogP) is 3.37. The summed E-state index contributed by atoms with van der Waals surface area (Å²) in [5, 5.41) is 2.87. The van der Waals surface area contributed by atoms with Gasteiger partial charge >= 0.3 is 5.97 Å². The summed E-state index contributed by atoms with van der Waals surface area (Å²) in [7, 11) is 0. The third-order valence-electron chi connectivity index (χ3n) is 6.43. The van der Waals surface area contributed by atoms with Crippen LogP contribution in [0.3, 0.4) is 0 Å². The molecule has 0 radical (unpaired) electrons. The van der Waals surface area contributed by atoms with E-state index < -0.39 is 0 Å². The molecular formula is C21H27NO3. The number of aryl methyl sites for hydroxylation is 1. The highest BCUT2D eigenvalue weighted by molar-refractivity contribution is 5.86. The largest absolute Gasteiger partial charge is 0.460 e. The van der Waals surface area contributed by atoms with Crippen molar-refractivity contribution in [2.45, 2.75) is 52.1 Å². The van der Waals surface area contributed by atoms with Crippen molar-refractivity contribution in [2.75, 3.05) is 6.54 Å². The van der Waals surface area contributed by atoms with Crippen molar-refractivity contribution in [3.05, 3.63) is 35.4 Å². The Morgan fingerprint density at radius 3 is 2.16 bits per heavy atom. The Labute approximate surface area is 149 Å². The van der Waals surface area contributed by atoms with Crippen LogP contribution < -0.4 is 5.32 Å². The molecule has 4 bridgehead atoms. The van der Waals surface area contributed by atoms with E-state index in [0.717, 1.165) is 42.6 Å². The molecule has 0 spiro atoms. The molecule has 0 unspecified atom stereocenters. The molecule has 4 saturated carbocycles. The topological polar surface area (TPSA) is 55.4 Å². The zero-order valence-electron chi connectivity index (χ0n) is 14.9. The van der Waals surface area contributed by atoms with Gasteiger partial charge in [0.15, 0.2) is 0 Å². The highest BCUT2D eigenvalue weighted by Gasteiger charge is 2.54. The van der Waals surface area contributed by atoms with E-state index in [2.05, 4.69) is 5.32 Å². The Morgan fingerprint density at radius 2 is 1.60 bits per heavy atom. The number of hydrogen-bond acceptors (Lipinski definition) is 3. The molecule has 134 valence electrons. The van der Waals surface area contributed by atoms with Crippen LogP contribution in [0.15, 0.2) is 24.3 Å². The fourth-order valence-corrected chi connectivity index (χ4v) is 5.63. The molecule has 0 saturated heterocycles. The number of ether oxygens (including phenoxy) is 1. The first-order valence-electron chi connectivity index (χ1n) is 9.52.